The Morgan fingerprint density at radius 2 is 1.43 bits per heavy atom. The standard InChI is InChI=1S/C17H11ClO3/c18-11-7-5-10(6-8-11)9-14(19)15-16(20)12-3-1-2-4-13(12)17(15)21/h1-8,15H,9H2. The van der Waals surface area contributed by atoms with Crippen LogP contribution in [-0.4, -0.2) is 17.3 Å². The van der Waals surface area contributed by atoms with Crippen LogP contribution in [0.2, 0.25) is 5.02 Å². The average molecular weight is 299 g/mol. The van der Waals surface area contributed by atoms with Crippen molar-refractivity contribution < 1.29 is 14.4 Å². The van der Waals surface area contributed by atoms with Gasteiger partial charge in [-0.1, -0.05) is 48.0 Å². The molecule has 0 radical (unpaired) electrons. The smallest absolute Gasteiger partial charge is 0.181 e. The molecule has 0 atom stereocenters. The van der Waals surface area contributed by atoms with E-state index < -0.39 is 17.5 Å². The lowest BCUT2D eigenvalue weighted by Crippen LogP contribution is -2.27. The van der Waals surface area contributed by atoms with Crippen molar-refractivity contribution in [1.29, 1.82) is 0 Å². The number of halogens is 1. The van der Waals surface area contributed by atoms with Crippen molar-refractivity contribution in [2.24, 2.45) is 5.92 Å². The summed E-state index contributed by atoms with van der Waals surface area (Å²) in [6.45, 7) is 0. The molecule has 0 bridgehead atoms. The molecule has 3 rings (SSSR count). The number of Topliss-reactive ketones (excluding diaryl/α,β-unsaturated/α-hetero) is 3. The van der Waals surface area contributed by atoms with Crippen molar-refractivity contribution in [3.8, 4) is 0 Å². The molecule has 3 nitrogen and oxygen atoms in total. The number of rotatable bonds is 3. The van der Waals surface area contributed by atoms with E-state index in [9.17, 15) is 14.4 Å². The van der Waals surface area contributed by atoms with Gasteiger partial charge in [-0.2, -0.15) is 0 Å². The first-order valence-corrected chi connectivity index (χ1v) is 6.90. The molecule has 0 saturated heterocycles. The quantitative estimate of drug-likeness (QED) is 0.818. The number of carbonyl (C=O) groups excluding carboxylic acids is 3. The molecule has 1 aliphatic rings. The lowest BCUT2D eigenvalue weighted by molar-refractivity contribution is -0.119. The van der Waals surface area contributed by atoms with Crippen LogP contribution < -0.4 is 0 Å². The molecular formula is C17H11ClO3. The fourth-order valence-electron chi connectivity index (χ4n) is 2.54. The highest BCUT2D eigenvalue weighted by Crippen LogP contribution is 2.28. The van der Waals surface area contributed by atoms with Gasteiger partial charge in [0.15, 0.2) is 17.3 Å². The second kappa shape index (κ2) is 5.26. The van der Waals surface area contributed by atoms with E-state index in [4.69, 9.17) is 11.6 Å². The summed E-state index contributed by atoms with van der Waals surface area (Å²) in [5.74, 6) is -2.36. The summed E-state index contributed by atoms with van der Waals surface area (Å²) in [6.07, 6.45) is 0.0489. The molecule has 0 aromatic heterocycles. The minimum Gasteiger partial charge on any atom is -0.298 e. The highest BCUT2D eigenvalue weighted by Gasteiger charge is 2.42. The predicted molar refractivity (Wildman–Crippen MR) is 78.8 cm³/mol. The minimum absolute atomic E-state index is 0.0489. The molecule has 2 aromatic carbocycles. The largest absolute Gasteiger partial charge is 0.298 e. The molecule has 0 unspecified atom stereocenters. The van der Waals surface area contributed by atoms with E-state index in [-0.39, 0.29) is 12.2 Å². The van der Waals surface area contributed by atoms with E-state index >= 15 is 0 Å². The third kappa shape index (κ3) is 2.41. The first-order valence-electron chi connectivity index (χ1n) is 6.52. The van der Waals surface area contributed by atoms with Gasteiger partial charge in [0.1, 0.15) is 5.92 Å². The molecular weight excluding hydrogens is 288 g/mol. The Labute approximate surface area is 126 Å². The maximum atomic E-state index is 12.3. The van der Waals surface area contributed by atoms with Crippen LogP contribution >= 0.6 is 11.6 Å². The molecule has 0 fully saturated rings. The fourth-order valence-corrected chi connectivity index (χ4v) is 2.67. The van der Waals surface area contributed by atoms with Crippen molar-refractivity contribution in [3.05, 3.63) is 70.2 Å². The van der Waals surface area contributed by atoms with Gasteiger partial charge in [0, 0.05) is 22.6 Å². The van der Waals surface area contributed by atoms with Gasteiger partial charge in [-0.25, -0.2) is 0 Å². The molecule has 2 aromatic rings. The highest BCUT2D eigenvalue weighted by molar-refractivity contribution is 6.35. The van der Waals surface area contributed by atoms with Gasteiger partial charge in [-0.05, 0) is 17.7 Å². The van der Waals surface area contributed by atoms with E-state index in [2.05, 4.69) is 0 Å². The lowest BCUT2D eigenvalue weighted by atomic mass is 9.94. The number of benzene rings is 2. The van der Waals surface area contributed by atoms with E-state index in [1.807, 2.05) is 0 Å². The molecule has 0 heterocycles. The third-order valence-electron chi connectivity index (χ3n) is 3.60. The third-order valence-corrected chi connectivity index (χ3v) is 3.85. The van der Waals surface area contributed by atoms with Crippen LogP contribution in [0.15, 0.2) is 48.5 Å². The molecule has 104 valence electrons. The molecule has 0 amide bonds. The van der Waals surface area contributed by atoms with E-state index in [1.165, 1.54) is 0 Å². The van der Waals surface area contributed by atoms with Crippen LogP contribution in [0.1, 0.15) is 26.3 Å². The van der Waals surface area contributed by atoms with Crippen LogP contribution in [0.5, 0.6) is 0 Å². The molecule has 0 N–H and O–H groups in total. The topological polar surface area (TPSA) is 51.2 Å². The fraction of sp³-hybridized carbons (Fsp3) is 0.118. The van der Waals surface area contributed by atoms with Gasteiger partial charge in [0.05, 0.1) is 0 Å². The number of carbonyl (C=O) groups is 3. The second-order valence-electron chi connectivity index (χ2n) is 4.98. The summed E-state index contributed by atoms with van der Waals surface area (Å²) in [6, 6.07) is 13.4. The zero-order valence-electron chi connectivity index (χ0n) is 11.0. The second-order valence-corrected chi connectivity index (χ2v) is 5.41. The van der Waals surface area contributed by atoms with E-state index in [0.717, 1.165) is 5.56 Å². The lowest BCUT2D eigenvalue weighted by Gasteiger charge is -2.06. The monoisotopic (exact) mass is 298 g/mol. The Morgan fingerprint density at radius 3 is 1.95 bits per heavy atom. The van der Waals surface area contributed by atoms with E-state index in [0.29, 0.717) is 16.1 Å². The van der Waals surface area contributed by atoms with Crippen LogP contribution in [-0.2, 0) is 11.2 Å². The van der Waals surface area contributed by atoms with Crippen LogP contribution in [0.4, 0.5) is 0 Å². The van der Waals surface area contributed by atoms with Crippen molar-refractivity contribution in [2.45, 2.75) is 6.42 Å². The summed E-state index contributed by atoms with van der Waals surface area (Å²) in [7, 11) is 0. The maximum Gasteiger partial charge on any atom is 0.181 e. The zero-order chi connectivity index (χ0) is 15.0. The normalized spacial score (nSPS) is 14.3. The molecule has 1 aliphatic carbocycles. The zero-order valence-corrected chi connectivity index (χ0v) is 11.8. The molecule has 21 heavy (non-hydrogen) atoms. The summed E-state index contributed by atoms with van der Waals surface area (Å²) in [5, 5.41) is 0.576. The number of hydrogen-bond acceptors (Lipinski definition) is 3. The number of ketones is 3. The van der Waals surface area contributed by atoms with Gasteiger partial charge in [0.25, 0.3) is 0 Å². The summed E-state index contributed by atoms with van der Waals surface area (Å²) >= 11 is 5.79. The SMILES string of the molecule is O=C(Cc1ccc(Cl)cc1)C1C(=O)c2ccccc2C1=O. The van der Waals surface area contributed by atoms with Crippen molar-refractivity contribution in [2.75, 3.05) is 0 Å². The van der Waals surface area contributed by atoms with Crippen LogP contribution in [0.25, 0.3) is 0 Å². The van der Waals surface area contributed by atoms with Gasteiger partial charge in [0.2, 0.25) is 0 Å². The number of fused-ring (bicyclic) bond motifs is 1. The van der Waals surface area contributed by atoms with Gasteiger partial charge < -0.3 is 0 Å². The molecule has 0 aliphatic heterocycles. The summed E-state index contributed by atoms with van der Waals surface area (Å²) in [4.78, 5) is 36.8. The van der Waals surface area contributed by atoms with E-state index in [1.54, 1.807) is 48.5 Å². The minimum atomic E-state index is -1.20. The van der Waals surface area contributed by atoms with Gasteiger partial charge in [-0.3, -0.25) is 14.4 Å². The Hall–Kier alpha value is -2.26. The summed E-state index contributed by atoms with van der Waals surface area (Å²) in [5.41, 5.74) is 1.43. The molecule has 4 heteroatoms. The summed E-state index contributed by atoms with van der Waals surface area (Å²) < 4.78 is 0. The highest BCUT2D eigenvalue weighted by atomic mass is 35.5. The van der Waals surface area contributed by atoms with Crippen molar-refractivity contribution in [3.63, 3.8) is 0 Å². The number of hydrogen-bond donors (Lipinski definition) is 0. The Bertz CT molecular complexity index is 712. The Morgan fingerprint density at radius 1 is 0.905 bits per heavy atom. The molecule has 0 saturated carbocycles. The van der Waals surface area contributed by atoms with Gasteiger partial charge in [-0.15, -0.1) is 0 Å². The van der Waals surface area contributed by atoms with Gasteiger partial charge >= 0.3 is 0 Å². The van der Waals surface area contributed by atoms with Crippen molar-refractivity contribution >= 4 is 29.0 Å². The first kappa shape index (κ1) is 13.7. The Balaban J connectivity index is 1.85. The Kier molecular flexibility index (Phi) is 3.43. The first-order chi connectivity index (χ1) is 10.1. The van der Waals surface area contributed by atoms with Crippen molar-refractivity contribution in [1.82, 2.24) is 0 Å². The molecule has 0 spiro atoms. The maximum absolute atomic E-state index is 12.3. The average Bonchev–Trinajstić information content (AvgIpc) is 2.74. The predicted octanol–water partition coefficient (Wildman–Crippen LogP) is 3.15. The van der Waals surface area contributed by atoms with Crippen LogP contribution in [0, 0.1) is 5.92 Å². The van der Waals surface area contributed by atoms with Crippen LogP contribution in [0.3, 0.4) is 0 Å².